The SMILES string of the molecule is O=[N+]([O-])c1cc(F)ccc1N1CCCC(c2nc(-c3ccc(F)cc3)no2)C1. The average Bonchev–Trinajstić information content (AvgIpc) is 3.19. The van der Waals surface area contributed by atoms with Gasteiger partial charge < -0.3 is 9.42 Å². The highest BCUT2D eigenvalue weighted by Crippen LogP contribution is 2.35. The molecule has 0 spiro atoms. The third-order valence-corrected chi connectivity index (χ3v) is 4.79. The van der Waals surface area contributed by atoms with Gasteiger partial charge in [-0.1, -0.05) is 5.16 Å². The van der Waals surface area contributed by atoms with E-state index >= 15 is 0 Å². The third kappa shape index (κ3) is 3.55. The van der Waals surface area contributed by atoms with Gasteiger partial charge in [0.25, 0.3) is 5.69 Å². The van der Waals surface area contributed by atoms with E-state index in [0.717, 1.165) is 18.9 Å². The number of halogens is 2. The first-order valence-corrected chi connectivity index (χ1v) is 8.79. The molecule has 1 aliphatic heterocycles. The van der Waals surface area contributed by atoms with Crippen molar-refractivity contribution < 1.29 is 18.2 Å². The van der Waals surface area contributed by atoms with Gasteiger partial charge >= 0.3 is 0 Å². The molecule has 1 fully saturated rings. The van der Waals surface area contributed by atoms with E-state index in [2.05, 4.69) is 10.1 Å². The van der Waals surface area contributed by atoms with Crippen LogP contribution in [0.1, 0.15) is 24.7 Å². The lowest BCUT2D eigenvalue weighted by molar-refractivity contribution is -0.384. The van der Waals surface area contributed by atoms with Gasteiger partial charge in [0.05, 0.1) is 16.9 Å². The Hall–Kier alpha value is -3.36. The first-order chi connectivity index (χ1) is 13.5. The van der Waals surface area contributed by atoms with Crippen LogP contribution in [-0.2, 0) is 0 Å². The number of rotatable bonds is 4. The Morgan fingerprint density at radius 1 is 1.14 bits per heavy atom. The summed E-state index contributed by atoms with van der Waals surface area (Å²) >= 11 is 0. The van der Waals surface area contributed by atoms with Gasteiger partial charge in [-0.25, -0.2) is 8.78 Å². The Labute approximate surface area is 158 Å². The zero-order valence-electron chi connectivity index (χ0n) is 14.7. The highest BCUT2D eigenvalue weighted by molar-refractivity contribution is 5.63. The molecular formula is C19H16F2N4O3. The van der Waals surface area contributed by atoms with E-state index in [-0.39, 0.29) is 17.4 Å². The molecule has 2 aromatic carbocycles. The predicted octanol–water partition coefficient (Wildman–Crippen LogP) is 4.31. The van der Waals surface area contributed by atoms with E-state index in [0.29, 0.717) is 36.1 Å². The zero-order chi connectivity index (χ0) is 19.7. The van der Waals surface area contributed by atoms with Crippen LogP contribution in [0.2, 0.25) is 0 Å². The van der Waals surface area contributed by atoms with Crippen LogP contribution < -0.4 is 4.90 Å². The largest absolute Gasteiger partial charge is 0.365 e. The van der Waals surface area contributed by atoms with E-state index in [4.69, 9.17) is 4.52 Å². The lowest BCUT2D eigenvalue weighted by Crippen LogP contribution is -2.34. The molecule has 1 unspecified atom stereocenters. The Bertz CT molecular complexity index is 1010. The molecule has 1 aromatic heterocycles. The first-order valence-electron chi connectivity index (χ1n) is 8.79. The molecule has 2 heterocycles. The van der Waals surface area contributed by atoms with Crippen molar-refractivity contribution in [3.8, 4) is 11.4 Å². The van der Waals surface area contributed by atoms with Gasteiger partial charge in [-0.3, -0.25) is 10.1 Å². The van der Waals surface area contributed by atoms with Crippen LogP contribution in [0.15, 0.2) is 47.0 Å². The molecule has 1 atom stereocenters. The minimum absolute atomic E-state index is 0.111. The maximum Gasteiger partial charge on any atom is 0.295 e. The summed E-state index contributed by atoms with van der Waals surface area (Å²) in [5.41, 5.74) is 0.741. The van der Waals surface area contributed by atoms with Crippen molar-refractivity contribution in [1.82, 2.24) is 10.1 Å². The van der Waals surface area contributed by atoms with Crippen molar-refractivity contribution in [3.05, 3.63) is 70.1 Å². The summed E-state index contributed by atoms with van der Waals surface area (Å²) in [7, 11) is 0. The van der Waals surface area contributed by atoms with Crippen LogP contribution in [0.5, 0.6) is 0 Å². The summed E-state index contributed by atoms with van der Waals surface area (Å²) in [6.45, 7) is 1.06. The molecule has 0 N–H and O–H groups in total. The van der Waals surface area contributed by atoms with Gasteiger partial charge in [0, 0.05) is 18.7 Å². The molecule has 0 aliphatic carbocycles. The van der Waals surface area contributed by atoms with Crippen molar-refractivity contribution in [3.63, 3.8) is 0 Å². The van der Waals surface area contributed by atoms with Crippen LogP contribution in [0.3, 0.4) is 0 Å². The predicted molar refractivity (Wildman–Crippen MR) is 96.9 cm³/mol. The molecular weight excluding hydrogens is 370 g/mol. The Morgan fingerprint density at radius 3 is 2.64 bits per heavy atom. The van der Waals surface area contributed by atoms with Gasteiger partial charge in [0.15, 0.2) is 0 Å². The standard InChI is InChI=1S/C19H16F2N4O3/c20-14-5-3-12(4-6-14)18-22-19(28-23-18)13-2-1-9-24(11-13)16-8-7-15(21)10-17(16)25(26)27/h3-8,10,13H,1-2,9,11H2. The molecule has 0 saturated carbocycles. The van der Waals surface area contributed by atoms with Crippen LogP contribution in [-0.4, -0.2) is 28.2 Å². The zero-order valence-corrected chi connectivity index (χ0v) is 14.7. The molecule has 3 aromatic rings. The highest BCUT2D eigenvalue weighted by atomic mass is 19.1. The summed E-state index contributed by atoms with van der Waals surface area (Å²) in [5.74, 6) is -0.324. The molecule has 1 saturated heterocycles. The molecule has 0 radical (unpaired) electrons. The van der Waals surface area contributed by atoms with Gasteiger partial charge in [-0.2, -0.15) is 4.98 Å². The molecule has 4 rings (SSSR count). The van der Waals surface area contributed by atoms with Crippen molar-refractivity contribution >= 4 is 11.4 Å². The fourth-order valence-corrected chi connectivity index (χ4v) is 3.42. The van der Waals surface area contributed by atoms with Gasteiger partial charge in [-0.15, -0.1) is 0 Å². The van der Waals surface area contributed by atoms with Crippen molar-refractivity contribution in [1.29, 1.82) is 0 Å². The summed E-state index contributed by atoms with van der Waals surface area (Å²) in [6.07, 6.45) is 1.56. The smallest absolute Gasteiger partial charge is 0.295 e. The summed E-state index contributed by atoms with van der Waals surface area (Å²) in [5, 5.41) is 15.3. The van der Waals surface area contributed by atoms with E-state index in [1.807, 2.05) is 4.90 Å². The van der Waals surface area contributed by atoms with E-state index < -0.39 is 10.7 Å². The molecule has 0 amide bonds. The second-order valence-corrected chi connectivity index (χ2v) is 6.64. The van der Waals surface area contributed by atoms with E-state index in [1.165, 1.54) is 24.3 Å². The molecule has 0 bridgehead atoms. The van der Waals surface area contributed by atoms with Crippen LogP contribution in [0.25, 0.3) is 11.4 Å². The average molecular weight is 386 g/mol. The van der Waals surface area contributed by atoms with Crippen molar-refractivity contribution in [2.45, 2.75) is 18.8 Å². The number of nitro benzene ring substituents is 1. The maximum atomic E-state index is 13.4. The summed E-state index contributed by atoms with van der Waals surface area (Å²) in [4.78, 5) is 17.0. The summed E-state index contributed by atoms with van der Waals surface area (Å²) in [6, 6.07) is 9.35. The number of hydrogen-bond donors (Lipinski definition) is 0. The third-order valence-electron chi connectivity index (χ3n) is 4.79. The number of hydrogen-bond acceptors (Lipinski definition) is 6. The molecule has 1 aliphatic rings. The minimum Gasteiger partial charge on any atom is -0.365 e. The topological polar surface area (TPSA) is 85.3 Å². The fraction of sp³-hybridized carbons (Fsp3) is 0.263. The molecule has 144 valence electrons. The molecule has 9 heteroatoms. The fourth-order valence-electron chi connectivity index (χ4n) is 3.42. The maximum absolute atomic E-state index is 13.4. The monoisotopic (exact) mass is 386 g/mol. The number of aromatic nitrogens is 2. The Kier molecular flexibility index (Phi) is 4.72. The van der Waals surface area contributed by atoms with Crippen LogP contribution in [0.4, 0.5) is 20.2 Å². The van der Waals surface area contributed by atoms with Crippen molar-refractivity contribution in [2.75, 3.05) is 18.0 Å². The summed E-state index contributed by atoms with van der Waals surface area (Å²) < 4.78 is 31.9. The Balaban J connectivity index is 1.57. The lowest BCUT2D eigenvalue weighted by Gasteiger charge is -2.32. The van der Waals surface area contributed by atoms with E-state index in [1.54, 1.807) is 12.1 Å². The van der Waals surface area contributed by atoms with Crippen LogP contribution in [0, 0.1) is 21.7 Å². The second-order valence-electron chi connectivity index (χ2n) is 6.64. The lowest BCUT2D eigenvalue weighted by atomic mass is 9.97. The number of nitro groups is 1. The number of anilines is 1. The number of benzene rings is 2. The molecule has 7 nitrogen and oxygen atoms in total. The second kappa shape index (κ2) is 7.34. The quantitative estimate of drug-likeness (QED) is 0.491. The van der Waals surface area contributed by atoms with Gasteiger partial charge in [0.2, 0.25) is 11.7 Å². The first kappa shape index (κ1) is 18.0. The normalized spacial score (nSPS) is 16.9. The van der Waals surface area contributed by atoms with Gasteiger partial charge in [0.1, 0.15) is 17.3 Å². The number of nitrogens with zero attached hydrogens (tertiary/aromatic N) is 4. The minimum atomic E-state index is -0.648. The molecule has 28 heavy (non-hydrogen) atoms. The highest BCUT2D eigenvalue weighted by Gasteiger charge is 2.29. The number of piperidine rings is 1. The van der Waals surface area contributed by atoms with Crippen LogP contribution >= 0.6 is 0 Å². The van der Waals surface area contributed by atoms with E-state index in [9.17, 15) is 18.9 Å². The van der Waals surface area contributed by atoms with Crippen molar-refractivity contribution in [2.24, 2.45) is 0 Å². The van der Waals surface area contributed by atoms with Gasteiger partial charge in [-0.05, 0) is 49.2 Å². The Morgan fingerprint density at radius 2 is 1.89 bits per heavy atom.